The third-order valence-corrected chi connectivity index (χ3v) is 2.96. The van der Waals surface area contributed by atoms with Gasteiger partial charge in [0.05, 0.1) is 3.70 Å². The van der Waals surface area contributed by atoms with Gasteiger partial charge in [-0.1, -0.05) is 6.08 Å². The third-order valence-electron chi connectivity index (χ3n) is 1.82. The van der Waals surface area contributed by atoms with Crippen LogP contribution in [0, 0.1) is 5.41 Å². The van der Waals surface area contributed by atoms with Crippen LogP contribution in [-0.4, -0.2) is 10.5 Å². The number of rotatable bonds is 2. The molecule has 0 aliphatic rings. The van der Waals surface area contributed by atoms with E-state index in [1.165, 1.54) is 6.07 Å². The zero-order chi connectivity index (χ0) is 11.4. The van der Waals surface area contributed by atoms with Crippen LogP contribution in [0.3, 0.4) is 0 Å². The second-order valence-corrected chi connectivity index (χ2v) is 3.86. The number of pyridine rings is 1. The van der Waals surface area contributed by atoms with Gasteiger partial charge in [-0.15, -0.1) is 0 Å². The summed E-state index contributed by atoms with van der Waals surface area (Å²) in [7, 11) is 0. The molecule has 0 radical (unpaired) electrons. The molecule has 1 heterocycles. The van der Waals surface area contributed by atoms with Gasteiger partial charge in [0.25, 0.3) is 5.91 Å². The summed E-state index contributed by atoms with van der Waals surface area (Å²) < 4.78 is 2.56. The van der Waals surface area contributed by atoms with Crippen molar-refractivity contribution in [1.82, 2.24) is 9.99 Å². The highest BCUT2D eigenvalue weighted by atomic mass is 127. The summed E-state index contributed by atoms with van der Waals surface area (Å²) in [6, 6.07) is 3.08. The molecule has 0 aliphatic carbocycles. The lowest BCUT2D eigenvalue weighted by Gasteiger charge is -2.06. The number of allylic oxidation sites excluding steroid dienone is 1. The second-order valence-electron chi connectivity index (χ2n) is 2.76. The molecular weight excluding hydrogens is 307 g/mol. The molecule has 0 bridgehead atoms. The van der Waals surface area contributed by atoms with Gasteiger partial charge in [-0.3, -0.25) is 20.2 Å². The lowest BCUT2D eigenvalue weighted by atomic mass is 10.2. The average Bonchev–Trinajstić information content (AvgIpc) is 2.26. The van der Waals surface area contributed by atoms with Gasteiger partial charge >= 0.3 is 0 Å². The third kappa shape index (κ3) is 2.66. The van der Waals surface area contributed by atoms with E-state index < -0.39 is 5.91 Å². The minimum absolute atomic E-state index is 0.235. The first-order valence-corrected chi connectivity index (χ1v) is 5.28. The molecule has 0 spiro atoms. The number of hydrazine groups is 1. The Morgan fingerprint density at radius 1 is 1.73 bits per heavy atom. The van der Waals surface area contributed by atoms with Crippen molar-refractivity contribution >= 4 is 32.2 Å². The summed E-state index contributed by atoms with van der Waals surface area (Å²) in [5, 5.41) is 7.71. The van der Waals surface area contributed by atoms with Crippen LogP contribution < -0.4 is 16.8 Å². The smallest absolute Gasteiger partial charge is 0.265 e. The molecule has 5 nitrogen and oxygen atoms in total. The molecule has 1 aromatic heterocycles. The van der Waals surface area contributed by atoms with Crippen LogP contribution in [0.2, 0.25) is 0 Å². The highest BCUT2D eigenvalue weighted by Crippen LogP contribution is 2.10. The summed E-state index contributed by atoms with van der Waals surface area (Å²) in [6.07, 6.45) is 3.54. The average molecular weight is 318 g/mol. The van der Waals surface area contributed by atoms with Crippen molar-refractivity contribution in [1.29, 1.82) is 5.41 Å². The summed E-state index contributed by atoms with van der Waals surface area (Å²) >= 11 is 2.11. The largest absolute Gasteiger partial charge is 0.297 e. The zero-order valence-corrected chi connectivity index (χ0v) is 10.3. The summed E-state index contributed by atoms with van der Waals surface area (Å²) in [6.45, 7) is 1.88. The predicted molar refractivity (Wildman–Crippen MR) is 65.9 cm³/mol. The lowest BCUT2D eigenvalue weighted by Crippen LogP contribution is -2.31. The minimum Gasteiger partial charge on any atom is -0.297 e. The topological polar surface area (TPSA) is 83.9 Å². The number of hydrogen-bond acceptors (Lipinski definition) is 3. The van der Waals surface area contributed by atoms with E-state index in [0.29, 0.717) is 5.56 Å². The summed E-state index contributed by atoms with van der Waals surface area (Å²) in [5.41, 5.74) is 2.63. The number of nitrogens with two attached hydrogens (primary N) is 1. The number of nitrogens with zero attached hydrogens (tertiary/aromatic N) is 1. The number of aromatic nitrogens is 1. The van der Waals surface area contributed by atoms with Crippen molar-refractivity contribution in [2.45, 2.75) is 6.92 Å². The van der Waals surface area contributed by atoms with Gasteiger partial charge in [-0.25, -0.2) is 5.84 Å². The van der Waals surface area contributed by atoms with Gasteiger partial charge in [-0.05, 0) is 41.6 Å². The van der Waals surface area contributed by atoms with Crippen LogP contribution in [0.15, 0.2) is 24.4 Å². The molecule has 0 unspecified atom stereocenters. The molecule has 0 saturated carbocycles. The fraction of sp³-hybridized carbons (Fsp3) is 0.111. The van der Waals surface area contributed by atoms with E-state index in [1.807, 2.05) is 18.4 Å². The van der Waals surface area contributed by atoms with Crippen LogP contribution >= 0.6 is 22.6 Å². The van der Waals surface area contributed by atoms with E-state index >= 15 is 0 Å². The predicted octanol–water partition coefficient (Wildman–Crippen LogP) is 0.824. The van der Waals surface area contributed by atoms with Crippen molar-refractivity contribution in [2.24, 2.45) is 5.84 Å². The summed E-state index contributed by atoms with van der Waals surface area (Å²) in [4.78, 5) is 11.2. The Labute approximate surface area is 101 Å². The van der Waals surface area contributed by atoms with E-state index in [-0.39, 0.29) is 5.49 Å². The molecule has 1 amide bonds. The Morgan fingerprint density at radius 2 is 2.40 bits per heavy atom. The molecule has 6 heteroatoms. The van der Waals surface area contributed by atoms with E-state index in [9.17, 15) is 4.79 Å². The first-order valence-electron chi connectivity index (χ1n) is 4.20. The Morgan fingerprint density at radius 3 is 2.87 bits per heavy atom. The molecular formula is C9H11IN4O. The molecule has 0 aromatic carbocycles. The fourth-order valence-corrected chi connectivity index (χ4v) is 1.47. The van der Waals surface area contributed by atoms with Crippen LogP contribution in [-0.2, 0) is 0 Å². The van der Waals surface area contributed by atoms with Gasteiger partial charge in [0, 0.05) is 11.8 Å². The maximum atomic E-state index is 11.2. The van der Waals surface area contributed by atoms with E-state index in [2.05, 4.69) is 22.6 Å². The zero-order valence-electron chi connectivity index (χ0n) is 8.12. The summed E-state index contributed by atoms with van der Waals surface area (Å²) in [5.74, 6) is 4.60. The molecule has 0 atom stereocenters. The van der Waals surface area contributed by atoms with Crippen molar-refractivity contribution in [3.8, 4) is 0 Å². The molecule has 15 heavy (non-hydrogen) atoms. The van der Waals surface area contributed by atoms with Gasteiger partial charge in [0.1, 0.15) is 5.49 Å². The quantitative estimate of drug-likeness (QED) is 0.326. The maximum Gasteiger partial charge on any atom is 0.265 e. The molecule has 1 rings (SSSR count). The minimum atomic E-state index is -0.397. The van der Waals surface area contributed by atoms with E-state index in [0.717, 1.165) is 3.70 Å². The molecule has 0 saturated heterocycles. The van der Waals surface area contributed by atoms with Gasteiger partial charge < -0.3 is 0 Å². The van der Waals surface area contributed by atoms with E-state index in [1.54, 1.807) is 16.8 Å². The molecule has 0 aliphatic heterocycles. The van der Waals surface area contributed by atoms with Crippen LogP contribution in [0.5, 0.6) is 0 Å². The highest BCUT2D eigenvalue weighted by Gasteiger charge is 2.04. The maximum absolute atomic E-state index is 11.2. The standard InChI is InChI=1S/C9H11IN4O/c1-2-7(10)14-4-3-6(5-8(14)11)9(15)13-12/h2-5,11H,12H2,1H3,(H,13,15)/b7-2-,11-8?. The van der Waals surface area contributed by atoms with Gasteiger partial charge in [-0.2, -0.15) is 0 Å². The normalized spacial score (nSPS) is 11.3. The van der Waals surface area contributed by atoms with Crippen molar-refractivity contribution < 1.29 is 4.79 Å². The Bertz CT molecular complexity index is 463. The second kappa shape index (κ2) is 5.08. The Hall–Kier alpha value is -1.15. The first kappa shape index (κ1) is 11.9. The molecule has 4 N–H and O–H groups in total. The SMILES string of the molecule is C/C=C(/I)n1ccc(C(=O)NN)cc1=N. The number of hydrogen-bond donors (Lipinski definition) is 3. The van der Waals surface area contributed by atoms with Crippen molar-refractivity contribution in [3.63, 3.8) is 0 Å². The number of nitrogen functional groups attached to an aromatic ring is 1. The number of carbonyl (C=O) groups is 1. The number of carbonyl (C=O) groups excluding carboxylic acids is 1. The first-order chi connectivity index (χ1) is 7.10. The number of nitrogens with one attached hydrogen (secondary N) is 2. The Kier molecular flexibility index (Phi) is 4.04. The van der Waals surface area contributed by atoms with Gasteiger partial charge in [0.2, 0.25) is 0 Å². The monoisotopic (exact) mass is 318 g/mol. The van der Waals surface area contributed by atoms with Crippen molar-refractivity contribution in [2.75, 3.05) is 0 Å². The van der Waals surface area contributed by atoms with Crippen molar-refractivity contribution in [3.05, 3.63) is 35.5 Å². The van der Waals surface area contributed by atoms with Crippen LogP contribution in [0.4, 0.5) is 0 Å². The fourth-order valence-electron chi connectivity index (χ4n) is 1.05. The molecule has 80 valence electrons. The molecule has 1 aromatic rings. The molecule has 0 fully saturated rings. The highest BCUT2D eigenvalue weighted by molar-refractivity contribution is 14.1. The van der Waals surface area contributed by atoms with Gasteiger partial charge in [0.15, 0.2) is 0 Å². The van der Waals surface area contributed by atoms with Crippen LogP contribution in [0.25, 0.3) is 3.70 Å². The Balaban J connectivity index is 3.21. The van der Waals surface area contributed by atoms with Crippen LogP contribution in [0.1, 0.15) is 17.3 Å². The number of amides is 1. The van der Waals surface area contributed by atoms with E-state index in [4.69, 9.17) is 11.3 Å². The number of halogens is 1. The lowest BCUT2D eigenvalue weighted by molar-refractivity contribution is 0.0953.